The van der Waals surface area contributed by atoms with E-state index in [0.717, 1.165) is 12.0 Å². The first-order chi connectivity index (χ1) is 7.74. The van der Waals surface area contributed by atoms with Crippen molar-refractivity contribution in [2.75, 3.05) is 0 Å². The van der Waals surface area contributed by atoms with E-state index in [0.29, 0.717) is 13.0 Å². The van der Waals surface area contributed by atoms with Crippen LogP contribution in [0.4, 0.5) is 0 Å². The number of halogens is 1. The topological polar surface area (TPSA) is 38.7 Å². The molecule has 1 aromatic rings. The second-order valence-electron chi connectivity index (χ2n) is 3.31. The highest BCUT2D eigenvalue weighted by atomic mass is 79.9. The van der Waals surface area contributed by atoms with Gasteiger partial charge in [-0.2, -0.15) is 0 Å². The molecule has 0 aliphatic heterocycles. The minimum Gasteiger partial charge on any atom is -0.390 e. The van der Waals surface area contributed by atoms with Crippen LogP contribution >= 0.6 is 15.9 Å². The molecule has 86 valence electrons. The maximum atomic E-state index is 11.3. The normalized spacial score (nSPS) is 11.2. The Hall–Kier alpha value is -1.16. The number of hydrogen-bond donors (Lipinski definition) is 0. The number of oxime groups is 1. The number of Topliss-reactive ketones (excluding diaryl/α,β-unsaturated/α-hetero) is 1. The van der Waals surface area contributed by atoms with Crippen molar-refractivity contribution in [2.45, 2.75) is 26.4 Å². The van der Waals surface area contributed by atoms with Crippen molar-refractivity contribution in [1.29, 1.82) is 0 Å². The molecular weight excluding hydrogens is 270 g/mol. The van der Waals surface area contributed by atoms with Crippen molar-refractivity contribution < 1.29 is 9.63 Å². The molecule has 0 amide bonds. The lowest BCUT2D eigenvalue weighted by molar-refractivity contribution is -0.112. The van der Waals surface area contributed by atoms with E-state index in [2.05, 4.69) is 21.1 Å². The lowest BCUT2D eigenvalue weighted by Gasteiger charge is -2.00. The highest BCUT2D eigenvalue weighted by Gasteiger charge is 2.06. The largest absolute Gasteiger partial charge is 0.390 e. The van der Waals surface area contributed by atoms with Gasteiger partial charge in [0.2, 0.25) is 0 Å². The van der Waals surface area contributed by atoms with Crippen LogP contribution in [-0.2, 0) is 16.2 Å². The monoisotopic (exact) mass is 283 g/mol. The first kappa shape index (κ1) is 12.9. The lowest BCUT2D eigenvalue weighted by Crippen LogP contribution is -2.06. The Bertz CT molecular complexity index is 363. The van der Waals surface area contributed by atoms with E-state index in [-0.39, 0.29) is 10.4 Å². The number of carbonyl (C=O) groups is 1. The van der Waals surface area contributed by atoms with Gasteiger partial charge in [0.05, 0.1) is 0 Å². The molecule has 1 rings (SSSR count). The van der Waals surface area contributed by atoms with Gasteiger partial charge < -0.3 is 4.84 Å². The Balaban J connectivity index is 2.39. The van der Waals surface area contributed by atoms with Crippen LogP contribution in [0.5, 0.6) is 0 Å². The van der Waals surface area contributed by atoms with Gasteiger partial charge in [0, 0.05) is 6.42 Å². The molecule has 0 spiro atoms. The molecule has 4 heteroatoms. The van der Waals surface area contributed by atoms with Crippen molar-refractivity contribution >= 4 is 26.3 Å². The SMILES string of the molecule is CCCC(=O)/C(Br)=N/OCc1ccccc1. The molecular formula is C12H14BrNO2. The van der Waals surface area contributed by atoms with Crippen molar-refractivity contribution in [2.24, 2.45) is 5.16 Å². The van der Waals surface area contributed by atoms with Crippen molar-refractivity contribution in [3.63, 3.8) is 0 Å². The van der Waals surface area contributed by atoms with E-state index in [4.69, 9.17) is 4.84 Å². The molecule has 0 aromatic heterocycles. The fourth-order valence-electron chi connectivity index (χ4n) is 1.12. The second-order valence-corrected chi connectivity index (χ2v) is 4.07. The zero-order valence-corrected chi connectivity index (χ0v) is 10.7. The van der Waals surface area contributed by atoms with Gasteiger partial charge in [-0.3, -0.25) is 4.79 Å². The number of hydrogen-bond acceptors (Lipinski definition) is 3. The third-order valence-corrected chi connectivity index (χ3v) is 2.51. The summed E-state index contributed by atoms with van der Waals surface area (Å²) in [6.07, 6.45) is 1.29. The van der Waals surface area contributed by atoms with Crippen LogP contribution in [0.25, 0.3) is 0 Å². The van der Waals surface area contributed by atoms with Crippen LogP contribution in [0.1, 0.15) is 25.3 Å². The van der Waals surface area contributed by atoms with Gasteiger partial charge in [-0.05, 0) is 27.9 Å². The van der Waals surface area contributed by atoms with Gasteiger partial charge in [0.1, 0.15) is 6.61 Å². The highest BCUT2D eigenvalue weighted by molar-refractivity contribution is 9.19. The summed E-state index contributed by atoms with van der Waals surface area (Å²) in [7, 11) is 0. The minimum atomic E-state index is -0.0319. The Kier molecular flexibility index (Phi) is 5.78. The third-order valence-electron chi connectivity index (χ3n) is 1.93. The van der Waals surface area contributed by atoms with Crippen LogP contribution in [-0.4, -0.2) is 10.4 Å². The predicted octanol–water partition coefficient (Wildman–Crippen LogP) is 3.28. The number of carbonyl (C=O) groups excluding carboxylic acids is 1. The summed E-state index contributed by atoms with van der Waals surface area (Å²) in [6, 6.07) is 9.68. The Morgan fingerprint density at radius 1 is 1.38 bits per heavy atom. The van der Waals surface area contributed by atoms with Gasteiger partial charge in [-0.25, -0.2) is 0 Å². The molecule has 0 N–H and O–H groups in total. The average molecular weight is 284 g/mol. The van der Waals surface area contributed by atoms with Crippen LogP contribution in [0.3, 0.4) is 0 Å². The van der Waals surface area contributed by atoms with Gasteiger partial charge >= 0.3 is 0 Å². The van der Waals surface area contributed by atoms with Crippen molar-refractivity contribution in [3.8, 4) is 0 Å². The first-order valence-electron chi connectivity index (χ1n) is 5.16. The minimum absolute atomic E-state index is 0.0319. The van der Waals surface area contributed by atoms with Gasteiger partial charge in [0.15, 0.2) is 10.4 Å². The van der Waals surface area contributed by atoms with E-state index >= 15 is 0 Å². The van der Waals surface area contributed by atoms with Crippen LogP contribution in [0.2, 0.25) is 0 Å². The van der Waals surface area contributed by atoms with Crippen molar-refractivity contribution in [3.05, 3.63) is 35.9 Å². The first-order valence-corrected chi connectivity index (χ1v) is 5.96. The van der Waals surface area contributed by atoms with Crippen molar-refractivity contribution in [1.82, 2.24) is 0 Å². The van der Waals surface area contributed by atoms with Gasteiger partial charge in [-0.15, -0.1) is 0 Å². The standard InChI is InChI=1S/C12H14BrNO2/c1-2-6-11(15)12(13)14-16-9-10-7-4-3-5-8-10/h3-5,7-8H,2,6,9H2,1H3/b14-12-. The molecule has 0 bridgehead atoms. The zero-order valence-electron chi connectivity index (χ0n) is 9.15. The quantitative estimate of drug-likeness (QED) is 0.594. The fraction of sp³-hybridized carbons (Fsp3) is 0.333. The van der Waals surface area contributed by atoms with Gasteiger partial charge in [0.25, 0.3) is 0 Å². The maximum Gasteiger partial charge on any atom is 0.191 e. The third kappa shape index (κ3) is 4.57. The zero-order chi connectivity index (χ0) is 11.8. The molecule has 16 heavy (non-hydrogen) atoms. The van der Waals surface area contributed by atoms with E-state index in [9.17, 15) is 4.79 Å². The molecule has 0 saturated heterocycles. The van der Waals surface area contributed by atoms with Crippen LogP contribution in [0.15, 0.2) is 35.5 Å². The Labute approximate surface area is 104 Å². The molecule has 1 aromatic carbocycles. The molecule has 0 aliphatic carbocycles. The highest BCUT2D eigenvalue weighted by Crippen LogP contribution is 2.03. The average Bonchev–Trinajstić information content (AvgIpc) is 2.30. The summed E-state index contributed by atoms with van der Waals surface area (Å²) in [5.41, 5.74) is 1.02. The fourth-order valence-corrected chi connectivity index (χ4v) is 1.42. The molecule has 0 radical (unpaired) electrons. The molecule has 0 heterocycles. The molecule has 0 saturated carbocycles. The number of ketones is 1. The maximum absolute atomic E-state index is 11.3. The summed E-state index contributed by atoms with van der Waals surface area (Å²) >= 11 is 3.09. The summed E-state index contributed by atoms with van der Waals surface area (Å²) < 4.78 is 0.255. The summed E-state index contributed by atoms with van der Waals surface area (Å²) in [5.74, 6) is -0.0319. The number of benzene rings is 1. The van der Waals surface area contributed by atoms with E-state index in [1.54, 1.807) is 0 Å². The number of nitrogens with zero attached hydrogens (tertiary/aromatic N) is 1. The molecule has 0 fully saturated rings. The Morgan fingerprint density at radius 3 is 2.69 bits per heavy atom. The van der Waals surface area contributed by atoms with Gasteiger partial charge in [-0.1, -0.05) is 42.4 Å². The van der Waals surface area contributed by atoms with Crippen LogP contribution < -0.4 is 0 Å². The van der Waals surface area contributed by atoms with E-state index in [1.807, 2.05) is 37.3 Å². The summed E-state index contributed by atoms with van der Waals surface area (Å²) in [5, 5.41) is 3.72. The second kappa shape index (κ2) is 7.17. The van der Waals surface area contributed by atoms with Crippen LogP contribution in [0, 0.1) is 0 Å². The summed E-state index contributed by atoms with van der Waals surface area (Å²) in [6.45, 7) is 2.32. The smallest absolute Gasteiger partial charge is 0.191 e. The lowest BCUT2D eigenvalue weighted by atomic mass is 10.2. The van der Waals surface area contributed by atoms with E-state index < -0.39 is 0 Å². The van der Waals surface area contributed by atoms with E-state index in [1.165, 1.54) is 0 Å². The molecule has 0 aliphatic rings. The molecule has 0 unspecified atom stereocenters. The predicted molar refractivity (Wildman–Crippen MR) is 67.5 cm³/mol. The Morgan fingerprint density at radius 2 is 2.06 bits per heavy atom. The molecule has 3 nitrogen and oxygen atoms in total. The summed E-state index contributed by atoms with van der Waals surface area (Å²) in [4.78, 5) is 16.4. The molecule has 0 atom stereocenters. The number of rotatable bonds is 6.